The van der Waals surface area contributed by atoms with Gasteiger partial charge in [-0.3, -0.25) is 4.79 Å². The summed E-state index contributed by atoms with van der Waals surface area (Å²) in [7, 11) is 3.83. The Balaban J connectivity index is 1.43. The Morgan fingerprint density at radius 2 is 2.00 bits per heavy atom. The summed E-state index contributed by atoms with van der Waals surface area (Å²) < 4.78 is 13.5. The van der Waals surface area contributed by atoms with Crippen LogP contribution in [-0.2, 0) is 11.2 Å². The van der Waals surface area contributed by atoms with Crippen LogP contribution in [0.4, 0.5) is 10.3 Å². The van der Waals surface area contributed by atoms with E-state index in [0.29, 0.717) is 31.0 Å². The first kappa shape index (κ1) is 22.8. The lowest BCUT2D eigenvalue weighted by Crippen LogP contribution is -2.28. The van der Waals surface area contributed by atoms with Crippen molar-refractivity contribution in [1.29, 1.82) is 0 Å². The van der Waals surface area contributed by atoms with Crippen LogP contribution in [0.3, 0.4) is 0 Å². The van der Waals surface area contributed by atoms with Crippen molar-refractivity contribution in [3.63, 3.8) is 0 Å². The molecule has 8 heteroatoms. The lowest BCUT2D eigenvalue weighted by atomic mass is 9.97. The van der Waals surface area contributed by atoms with Crippen LogP contribution in [0.2, 0.25) is 0 Å². The molecule has 1 aliphatic heterocycles. The van der Waals surface area contributed by atoms with Crippen molar-refractivity contribution in [3.05, 3.63) is 65.8 Å². The maximum Gasteiger partial charge on any atom is 0.225 e. The average molecular weight is 449 g/mol. The molecule has 0 radical (unpaired) electrons. The minimum absolute atomic E-state index is 0.130. The van der Waals surface area contributed by atoms with Crippen LogP contribution in [0, 0.1) is 12.7 Å². The molecule has 1 aromatic carbocycles. The molecule has 33 heavy (non-hydrogen) atoms. The molecule has 1 atom stereocenters. The Bertz CT molecular complexity index is 1120. The number of carbonyl (C=O) groups is 1. The Kier molecular flexibility index (Phi) is 6.91. The van der Waals surface area contributed by atoms with Gasteiger partial charge in [0.15, 0.2) is 0 Å². The molecule has 0 N–H and O–H groups in total. The van der Waals surface area contributed by atoms with Gasteiger partial charge in [0.2, 0.25) is 11.9 Å². The van der Waals surface area contributed by atoms with Gasteiger partial charge in [-0.1, -0.05) is 12.1 Å². The van der Waals surface area contributed by atoms with Gasteiger partial charge in [0, 0.05) is 69.2 Å². The van der Waals surface area contributed by atoms with Crippen LogP contribution >= 0.6 is 0 Å². The minimum atomic E-state index is -0.193. The highest BCUT2D eigenvalue weighted by atomic mass is 19.1. The summed E-state index contributed by atoms with van der Waals surface area (Å²) in [5.74, 6) is 0.736. The van der Waals surface area contributed by atoms with Gasteiger partial charge in [-0.15, -0.1) is 0 Å². The van der Waals surface area contributed by atoms with Crippen molar-refractivity contribution < 1.29 is 9.18 Å². The Hall–Kier alpha value is -3.42. The first-order valence-corrected chi connectivity index (χ1v) is 11.2. The Labute approximate surface area is 193 Å². The van der Waals surface area contributed by atoms with E-state index in [1.807, 2.05) is 36.2 Å². The van der Waals surface area contributed by atoms with Crippen LogP contribution in [0.15, 0.2) is 43.1 Å². The maximum absolute atomic E-state index is 13.5. The number of benzene rings is 1. The highest BCUT2D eigenvalue weighted by molar-refractivity contribution is 5.76. The summed E-state index contributed by atoms with van der Waals surface area (Å²) in [5.41, 5.74) is 4.42. The Morgan fingerprint density at radius 1 is 1.21 bits per heavy atom. The van der Waals surface area contributed by atoms with E-state index in [4.69, 9.17) is 4.98 Å². The lowest BCUT2D eigenvalue weighted by molar-refractivity contribution is -0.130. The van der Waals surface area contributed by atoms with E-state index < -0.39 is 0 Å². The van der Waals surface area contributed by atoms with Gasteiger partial charge < -0.3 is 9.80 Å². The van der Waals surface area contributed by atoms with Crippen LogP contribution in [0.1, 0.15) is 42.0 Å². The van der Waals surface area contributed by atoms with E-state index in [2.05, 4.69) is 15.0 Å². The molecule has 2 aromatic heterocycles. The summed E-state index contributed by atoms with van der Waals surface area (Å²) in [5, 5.41) is 0. The van der Waals surface area contributed by atoms with E-state index in [-0.39, 0.29) is 17.6 Å². The zero-order valence-corrected chi connectivity index (χ0v) is 19.3. The van der Waals surface area contributed by atoms with Gasteiger partial charge >= 0.3 is 0 Å². The highest BCUT2D eigenvalue weighted by Gasteiger charge is 2.30. The molecule has 1 saturated heterocycles. The molecule has 0 unspecified atom stereocenters. The molecule has 1 fully saturated rings. The fourth-order valence-electron chi connectivity index (χ4n) is 4.25. The number of hydrogen-bond acceptors (Lipinski definition) is 6. The number of likely N-dealkylation sites (tertiary alicyclic amines) is 1. The van der Waals surface area contributed by atoms with Crippen LogP contribution in [-0.4, -0.2) is 57.9 Å². The smallest absolute Gasteiger partial charge is 0.225 e. The molecule has 4 rings (SSSR count). The topological polar surface area (TPSA) is 75.1 Å². The first-order chi connectivity index (χ1) is 15.9. The van der Waals surface area contributed by atoms with Crippen LogP contribution in [0.25, 0.3) is 11.1 Å². The molecule has 0 spiro atoms. The summed E-state index contributed by atoms with van der Waals surface area (Å²) >= 11 is 0. The van der Waals surface area contributed by atoms with Crippen molar-refractivity contribution >= 4 is 11.9 Å². The van der Waals surface area contributed by atoms with Crippen molar-refractivity contribution in [2.45, 2.75) is 38.5 Å². The molecule has 1 amide bonds. The normalized spacial score (nSPS) is 15.6. The number of hydrogen-bond donors (Lipinski definition) is 0. The molecule has 7 nitrogen and oxygen atoms in total. The number of halogens is 1. The van der Waals surface area contributed by atoms with Gasteiger partial charge in [0.25, 0.3) is 0 Å². The maximum atomic E-state index is 13.5. The second-order valence-corrected chi connectivity index (χ2v) is 8.75. The number of anilines is 1. The predicted octanol–water partition coefficient (Wildman–Crippen LogP) is 3.79. The van der Waals surface area contributed by atoms with Gasteiger partial charge in [-0.2, -0.15) is 0 Å². The molecule has 1 aliphatic rings. The van der Waals surface area contributed by atoms with Crippen molar-refractivity contribution in [2.75, 3.05) is 32.1 Å². The van der Waals surface area contributed by atoms with E-state index in [1.54, 1.807) is 25.4 Å². The second kappa shape index (κ2) is 10.0. The monoisotopic (exact) mass is 448 g/mol. The van der Waals surface area contributed by atoms with E-state index in [0.717, 1.165) is 41.6 Å². The fourth-order valence-corrected chi connectivity index (χ4v) is 4.25. The highest BCUT2D eigenvalue weighted by Crippen LogP contribution is 2.34. The molecule has 0 saturated carbocycles. The van der Waals surface area contributed by atoms with Gasteiger partial charge in [0.1, 0.15) is 12.1 Å². The quantitative estimate of drug-likeness (QED) is 0.548. The van der Waals surface area contributed by atoms with Gasteiger partial charge in [-0.05, 0) is 43.4 Å². The van der Waals surface area contributed by atoms with Gasteiger partial charge in [0.05, 0.1) is 5.69 Å². The van der Waals surface area contributed by atoms with E-state index in [1.165, 1.54) is 12.4 Å². The molecule has 3 aromatic rings. The second-order valence-electron chi connectivity index (χ2n) is 8.75. The molecule has 0 bridgehead atoms. The SMILES string of the molecule is Cc1cc(CCCC(=O)N2CC[C@H](c3nc(N(C)C)ncc3-c3cncnc3)C2)ccc1F. The summed E-state index contributed by atoms with van der Waals surface area (Å²) in [6, 6.07) is 5.15. The third-order valence-corrected chi connectivity index (χ3v) is 6.08. The predicted molar refractivity (Wildman–Crippen MR) is 125 cm³/mol. The third kappa shape index (κ3) is 5.32. The van der Waals surface area contributed by atoms with E-state index >= 15 is 0 Å². The Morgan fingerprint density at radius 3 is 2.73 bits per heavy atom. The lowest BCUT2D eigenvalue weighted by Gasteiger charge is -2.19. The van der Waals surface area contributed by atoms with Crippen molar-refractivity contribution in [3.8, 4) is 11.1 Å². The zero-order chi connectivity index (χ0) is 23.4. The molecule has 172 valence electrons. The van der Waals surface area contributed by atoms with Gasteiger partial charge in [-0.25, -0.2) is 24.3 Å². The molecule has 3 heterocycles. The first-order valence-electron chi connectivity index (χ1n) is 11.2. The van der Waals surface area contributed by atoms with Crippen LogP contribution in [0.5, 0.6) is 0 Å². The summed E-state index contributed by atoms with van der Waals surface area (Å²) in [6.45, 7) is 3.11. The number of nitrogens with zero attached hydrogens (tertiary/aromatic N) is 6. The van der Waals surface area contributed by atoms with E-state index in [9.17, 15) is 9.18 Å². The third-order valence-electron chi connectivity index (χ3n) is 6.08. The minimum Gasteiger partial charge on any atom is -0.347 e. The number of rotatable bonds is 7. The number of aryl methyl sites for hydroxylation is 2. The number of amides is 1. The molecular formula is C25H29FN6O. The standard InChI is InChI=1S/C25H29FN6O/c1-17-11-18(7-8-22(17)26)5-4-6-23(33)32-10-9-19(15-32)24-21(20-12-27-16-28-13-20)14-29-25(30-24)31(2)3/h7-8,11-14,16,19H,4-6,9-10,15H2,1-3H3/t19-/m0/s1. The number of carbonyl (C=O) groups excluding carboxylic acids is 1. The largest absolute Gasteiger partial charge is 0.347 e. The van der Waals surface area contributed by atoms with Crippen LogP contribution < -0.4 is 4.90 Å². The molecule has 0 aliphatic carbocycles. The van der Waals surface area contributed by atoms with Crippen molar-refractivity contribution in [1.82, 2.24) is 24.8 Å². The molecular weight excluding hydrogens is 419 g/mol. The number of aromatic nitrogens is 4. The zero-order valence-electron chi connectivity index (χ0n) is 19.3. The summed E-state index contributed by atoms with van der Waals surface area (Å²) in [6.07, 6.45) is 9.70. The average Bonchev–Trinajstić information content (AvgIpc) is 3.32. The fraction of sp³-hybridized carbons (Fsp3) is 0.400. The van der Waals surface area contributed by atoms with Crippen molar-refractivity contribution in [2.24, 2.45) is 0 Å². The summed E-state index contributed by atoms with van der Waals surface area (Å²) in [4.78, 5) is 34.3.